The van der Waals surface area contributed by atoms with Crippen LogP contribution in [0.2, 0.25) is 10.0 Å². The second-order valence-electron chi connectivity index (χ2n) is 4.40. The van der Waals surface area contributed by atoms with Crippen molar-refractivity contribution >= 4 is 39.1 Å². The van der Waals surface area contributed by atoms with E-state index in [1.54, 1.807) is 6.07 Å². The van der Waals surface area contributed by atoms with Crippen molar-refractivity contribution in [1.82, 2.24) is 5.32 Å². The second kappa shape index (κ2) is 6.76. The molecule has 0 saturated carbocycles. The topological polar surface area (TPSA) is 12.0 Å². The second-order valence-corrected chi connectivity index (χ2v) is 6.16. The van der Waals surface area contributed by atoms with Gasteiger partial charge in [-0.2, -0.15) is 0 Å². The molecule has 100 valence electrons. The minimum atomic E-state index is 0.170. The number of benzene rings is 2. The van der Waals surface area contributed by atoms with Crippen LogP contribution in [0, 0.1) is 0 Å². The molecule has 2 aromatic carbocycles. The molecule has 2 rings (SSSR count). The quantitative estimate of drug-likeness (QED) is 0.749. The lowest BCUT2D eigenvalue weighted by atomic mass is 10.1. The zero-order valence-electron chi connectivity index (χ0n) is 10.5. The van der Waals surface area contributed by atoms with Gasteiger partial charge in [-0.15, -0.1) is 0 Å². The van der Waals surface area contributed by atoms with Crippen LogP contribution < -0.4 is 5.32 Å². The van der Waals surface area contributed by atoms with E-state index >= 15 is 0 Å². The van der Waals surface area contributed by atoms with Crippen LogP contribution in [0.25, 0.3) is 0 Å². The number of hydrogen-bond acceptors (Lipinski definition) is 1. The van der Waals surface area contributed by atoms with Gasteiger partial charge in [0.15, 0.2) is 0 Å². The standard InChI is InChI=1S/C15H14BrCl2N/c1-10(14-6-5-13(17)8-15(14)18)19-9-11-3-2-4-12(16)7-11/h2-8,10,19H,9H2,1H3. The molecule has 0 fully saturated rings. The number of nitrogens with one attached hydrogen (secondary N) is 1. The van der Waals surface area contributed by atoms with Gasteiger partial charge in [0.2, 0.25) is 0 Å². The number of rotatable bonds is 4. The first-order chi connectivity index (χ1) is 9.06. The van der Waals surface area contributed by atoms with Gasteiger partial charge in [-0.25, -0.2) is 0 Å². The predicted molar refractivity (Wildman–Crippen MR) is 85.9 cm³/mol. The fraction of sp³-hybridized carbons (Fsp3) is 0.200. The number of hydrogen-bond donors (Lipinski definition) is 1. The molecule has 1 atom stereocenters. The molecule has 0 saturated heterocycles. The molecule has 0 aliphatic heterocycles. The predicted octanol–water partition coefficient (Wildman–Crippen LogP) is 5.61. The van der Waals surface area contributed by atoms with Crippen LogP contribution >= 0.6 is 39.1 Å². The molecular formula is C15H14BrCl2N. The average molecular weight is 359 g/mol. The lowest BCUT2D eigenvalue weighted by Gasteiger charge is -2.16. The van der Waals surface area contributed by atoms with E-state index in [0.717, 1.165) is 16.6 Å². The molecule has 0 aromatic heterocycles. The van der Waals surface area contributed by atoms with Crippen molar-refractivity contribution in [3.63, 3.8) is 0 Å². The molecule has 19 heavy (non-hydrogen) atoms. The first-order valence-corrected chi connectivity index (χ1v) is 7.54. The Balaban J connectivity index is 2.03. The van der Waals surface area contributed by atoms with Gasteiger partial charge in [-0.3, -0.25) is 0 Å². The van der Waals surface area contributed by atoms with Gasteiger partial charge in [0, 0.05) is 27.1 Å². The summed E-state index contributed by atoms with van der Waals surface area (Å²) in [6, 6.07) is 14.0. The highest BCUT2D eigenvalue weighted by Gasteiger charge is 2.09. The molecule has 0 spiro atoms. The van der Waals surface area contributed by atoms with Crippen LogP contribution in [-0.4, -0.2) is 0 Å². The van der Waals surface area contributed by atoms with Crippen molar-refractivity contribution in [2.75, 3.05) is 0 Å². The maximum atomic E-state index is 6.20. The fourth-order valence-electron chi connectivity index (χ4n) is 1.88. The summed E-state index contributed by atoms with van der Waals surface area (Å²) in [5.41, 5.74) is 2.28. The Morgan fingerprint density at radius 3 is 2.63 bits per heavy atom. The van der Waals surface area contributed by atoms with Crippen LogP contribution in [0.4, 0.5) is 0 Å². The summed E-state index contributed by atoms with van der Waals surface area (Å²) >= 11 is 15.6. The molecule has 0 aliphatic rings. The zero-order valence-corrected chi connectivity index (χ0v) is 13.6. The maximum Gasteiger partial charge on any atom is 0.0468 e. The third kappa shape index (κ3) is 4.22. The normalized spacial score (nSPS) is 12.4. The van der Waals surface area contributed by atoms with Crippen molar-refractivity contribution in [2.24, 2.45) is 0 Å². The Kier molecular flexibility index (Phi) is 5.28. The van der Waals surface area contributed by atoms with Crippen LogP contribution in [0.15, 0.2) is 46.9 Å². The summed E-state index contributed by atoms with van der Waals surface area (Å²) in [7, 11) is 0. The average Bonchev–Trinajstić information content (AvgIpc) is 2.36. The van der Waals surface area contributed by atoms with Crippen LogP contribution in [0.3, 0.4) is 0 Å². The van der Waals surface area contributed by atoms with Gasteiger partial charge in [0.05, 0.1) is 0 Å². The van der Waals surface area contributed by atoms with Crippen LogP contribution in [0.5, 0.6) is 0 Å². The van der Waals surface area contributed by atoms with E-state index in [-0.39, 0.29) is 6.04 Å². The Morgan fingerprint density at radius 1 is 1.16 bits per heavy atom. The highest BCUT2D eigenvalue weighted by Crippen LogP contribution is 2.26. The summed E-state index contributed by atoms with van der Waals surface area (Å²) in [6.07, 6.45) is 0. The first kappa shape index (κ1) is 14.9. The molecule has 1 nitrogen and oxygen atoms in total. The fourth-order valence-corrected chi connectivity index (χ4v) is 2.90. The molecule has 0 radical (unpaired) electrons. The van der Waals surface area contributed by atoms with E-state index in [9.17, 15) is 0 Å². The van der Waals surface area contributed by atoms with Gasteiger partial charge >= 0.3 is 0 Å². The summed E-state index contributed by atoms with van der Waals surface area (Å²) in [5.74, 6) is 0. The van der Waals surface area contributed by atoms with Gasteiger partial charge in [0.1, 0.15) is 0 Å². The molecule has 0 heterocycles. The van der Waals surface area contributed by atoms with Crippen LogP contribution in [-0.2, 0) is 6.54 Å². The van der Waals surface area contributed by atoms with Crippen molar-refractivity contribution < 1.29 is 0 Å². The van der Waals surface area contributed by atoms with Crippen molar-refractivity contribution in [3.05, 3.63) is 68.1 Å². The van der Waals surface area contributed by atoms with Gasteiger partial charge in [0.25, 0.3) is 0 Å². The Bertz CT molecular complexity index is 572. The summed E-state index contributed by atoms with van der Waals surface area (Å²) in [4.78, 5) is 0. The van der Waals surface area contributed by atoms with E-state index in [1.807, 2.05) is 24.3 Å². The highest BCUT2D eigenvalue weighted by atomic mass is 79.9. The summed E-state index contributed by atoms with van der Waals surface area (Å²) < 4.78 is 1.09. The zero-order chi connectivity index (χ0) is 13.8. The van der Waals surface area contributed by atoms with E-state index in [4.69, 9.17) is 23.2 Å². The minimum absolute atomic E-state index is 0.170. The lowest BCUT2D eigenvalue weighted by Crippen LogP contribution is -2.18. The maximum absolute atomic E-state index is 6.20. The van der Waals surface area contributed by atoms with E-state index < -0.39 is 0 Å². The Labute approximate surface area is 132 Å². The van der Waals surface area contributed by atoms with Gasteiger partial charge in [-0.1, -0.05) is 57.3 Å². The molecule has 0 aliphatic carbocycles. The molecule has 1 unspecified atom stereocenters. The molecular weight excluding hydrogens is 345 g/mol. The minimum Gasteiger partial charge on any atom is -0.306 e. The van der Waals surface area contributed by atoms with E-state index in [0.29, 0.717) is 10.0 Å². The highest BCUT2D eigenvalue weighted by molar-refractivity contribution is 9.10. The van der Waals surface area contributed by atoms with Gasteiger partial charge < -0.3 is 5.32 Å². The SMILES string of the molecule is CC(NCc1cccc(Br)c1)c1ccc(Cl)cc1Cl. The third-order valence-corrected chi connectivity index (χ3v) is 3.99. The van der Waals surface area contributed by atoms with Crippen molar-refractivity contribution in [3.8, 4) is 0 Å². The monoisotopic (exact) mass is 357 g/mol. The molecule has 2 aromatic rings. The lowest BCUT2D eigenvalue weighted by molar-refractivity contribution is 0.575. The van der Waals surface area contributed by atoms with Crippen LogP contribution in [0.1, 0.15) is 24.1 Å². The molecule has 1 N–H and O–H groups in total. The Morgan fingerprint density at radius 2 is 1.95 bits per heavy atom. The van der Waals surface area contributed by atoms with E-state index in [2.05, 4.69) is 40.3 Å². The molecule has 0 amide bonds. The number of halogens is 3. The summed E-state index contributed by atoms with van der Waals surface area (Å²) in [5, 5.41) is 4.81. The molecule has 0 bridgehead atoms. The first-order valence-electron chi connectivity index (χ1n) is 5.99. The van der Waals surface area contributed by atoms with Gasteiger partial charge in [-0.05, 0) is 42.3 Å². The van der Waals surface area contributed by atoms with Crippen molar-refractivity contribution in [2.45, 2.75) is 19.5 Å². The molecule has 4 heteroatoms. The smallest absolute Gasteiger partial charge is 0.0468 e. The largest absolute Gasteiger partial charge is 0.306 e. The van der Waals surface area contributed by atoms with E-state index in [1.165, 1.54) is 5.56 Å². The van der Waals surface area contributed by atoms with Crippen molar-refractivity contribution in [1.29, 1.82) is 0 Å². The Hall–Kier alpha value is -0.540. The summed E-state index contributed by atoms with van der Waals surface area (Å²) in [6.45, 7) is 2.88. The third-order valence-electron chi connectivity index (χ3n) is 2.93.